The number of hydrogen-bond donors (Lipinski definition) is 2. The average Bonchev–Trinajstić information content (AvgIpc) is 2.29. The van der Waals surface area contributed by atoms with Crippen molar-refractivity contribution < 1.29 is 9.53 Å². The van der Waals surface area contributed by atoms with Crippen molar-refractivity contribution in [2.75, 3.05) is 25.4 Å². The smallest absolute Gasteiger partial charge is 0.231 e. The maximum atomic E-state index is 10.9. The van der Waals surface area contributed by atoms with Gasteiger partial charge in [0.2, 0.25) is 5.91 Å². The summed E-state index contributed by atoms with van der Waals surface area (Å²) in [5, 5.41) is 0. The van der Waals surface area contributed by atoms with Crippen molar-refractivity contribution in [2.24, 2.45) is 5.73 Å². The number of anilines is 1. The summed E-state index contributed by atoms with van der Waals surface area (Å²) in [6.07, 6.45) is 0. The van der Waals surface area contributed by atoms with Gasteiger partial charge in [0.25, 0.3) is 0 Å². The predicted molar refractivity (Wildman–Crippen MR) is 72.3 cm³/mol. The zero-order valence-corrected chi connectivity index (χ0v) is 10.9. The monoisotopic (exact) mass is 251 g/mol. The summed E-state index contributed by atoms with van der Waals surface area (Å²) in [4.78, 5) is 12.9. The number of nitrogens with two attached hydrogens (primary N) is 2. The van der Waals surface area contributed by atoms with Crippen LogP contribution in [0.5, 0.6) is 5.75 Å². The minimum absolute atomic E-state index is 0.241. The van der Waals surface area contributed by atoms with Crippen molar-refractivity contribution in [3.8, 4) is 5.75 Å². The lowest BCUT2D eigenvalue weighted by Crippen LogP contribution is -2.40. The maximum Gasteiger partial charge on any atom is 0.231 e. The summed E-state index contributed by atoms with van der Waals surface area (Å²) in [7, 11) is 0. The fraction of sp³-hybridized carbons (Fsp3) is 0.462. The summed E-state index contributed by atoms with van der Waals surface area (Å²) in [5.74, 6) is 0.336. The first-order chi connectivity index (χ1) is 8.50. The zero-order valence-electron chi connectivity index (χ0n) is 10.9. The lowest BCUT2D eigenvalue weighted by atomic mass is 10.3. The molecule has 0 saturated carbocycles. The first-order valence-corrected chi connectivity index (χ1v) is 6.00. The number of ether oxygens (including phenoxy) is 1. The van der Waals surface area contributed by atoms with Gasteiger partial charge in [0.05, 0.1) is 12.2 Å². The number of amides is 1. The number of primary amides is 1. The fourth-order valence-electron chi connectivity index (χ4n) is 1.60. The molecule has 0 unspecified atom stereocenters. The molecule has 0 saturated heterocycles. The number of nitrogen functional groups attached to an aromatic ring is 1. The molecular formula is C13H21N3O2. The van der Waals surface area contributed by atoms with Crippen LogP contribution in [-0.4, -0.2) is 36.5 Å². The Bertz CT molecular complexity index is 394. The summed E-state index contributed by atoms with van der Waals surface area (Å²) in [6.45, 7) is 5.37. The van der Waals surface area contributed by atoms with Gasteiger partial charge in [0.15, 0.2) is 0 Å². The second-order valence-electron chi connectivity index (χ2n) is 4.42. The molecule has 0 fully saturated rings. The normalized spacial score (nSPS) is 10.9. The number of para-hydroxylation sites is 2. The van der Waals surface area contributed by atoms with E-state index in [-0.39, 0.29) is 18.5 Å². The van der Waals surface area contributed by atoms with E-state index >= 15 is 0 Å². The van der Waals surface area contributed by atoms with E-state index in [0.29, 0.717) is 24.6 Å². The van der Waals surface area contributed by atoms with E-state index in [1.165, 1.54) is 0 Å². The number of rotatable bonds is 7. The summed E-state index contributed by atoms with van der Waals surface area (Å²) < 4.78 is 5.58. The van der Waals surface area contributed by atoms with Crippen LogP contribution in [0.3, 0.4) is 0 Å². The Balaban J connectivity index is 2.44. The Labute approximate surface area is 108 Å². The third kappa shape index (κ3) is 4.63. The van der Waals surface area contributed by atoms with E-state index in [0.717, 1.165) is 0 Å². The fourth-order valence-corrected chi connectivity index (χ4v) is 1.60. The second-order valence-corrected chi connectivity index (χ2v) is 4.42. The van der Waals surface area contributed by atoms with Gasteiger partial charge >= 0.3 is 0 Å². The Morgan fingerprint density at radius 2 is 2.06 bits per heavy atom. The number of carbonyl (C=O) groups excluding carboxylic acids is 1. The number of nitrogens with zero attached hydrogens (tertiary/aromatic N) is 1. The van der Waals surface area contributed by atoms with Crippen LogP contribution in [0.15, 0.2) is 24.3 Å². The minimum atomic E-state index is -0.331. The van der Waals surface area contributed by atoms with Crippen molar-refractivity contribution in [1.82, 2.24) is 4.90 Å². The van der Waals surface area contributed by atoms with Crippen LogP contribution in [0.25, 0.3) is 0 Å². The Morgan fingerprint density at radius 1 is 1.39 bits per heavy atom. The van der Waals surface area contributed by atoms with E-state index in [1.54, 1.807) is 6.07 Å². The highest BCUT2D eigenvalue weighted by molar-refractivity contribution is 5.75. The number of benzene rings is 1. The van der Waals surface area contributed by atoms with Crippen molar-refractivity contribution in [1.29, 1.82) is 0 Å². The van der Waals surface area contributed by atoms with Crippen molar-refractivity contribution in [3.63, 3.8) is 0 Å². The van der Waals surface area contributed by atoms with E-state index in [2.05, 4.69) is 0 Å². The SMILES string of the molecule is CC(C)N(CCOc1ccccc1N)CC(N)=O. The molecule has 0 heterocycles. The Kier molecular flexibility index (Phi) is 5.45. The van der Waals surface area contributed by atoms with Crippen LogP contribution in [0.1, 0.15) is 13.8 Å². The Morgan fingerprint density at radius 3 is 2.61 bits per heavy atom. The standard InChI is InChI=1S/C13H21N3O2/c1-10(2)16(9-13(15)17)7-8-18-12-6-4-3-5-11(12)14/h3-6,10H,7-9,14H2,1-2H3,(H2,15,17). The van der Waals surface area contributed by atoms with Crippen LogP contribution >= 0.6 is 0 Å². The van der Waals surface area contributed by atoms with Gasteiger partial charge in [-0.25, -0.2) is 0 Å². The van der Waals surface area contributed by atoms with Crippen LogP contribution in [0, 0.1) is 0 Å². The molecule has 0 aliphatic heterocycles. The zero-order chi connectivity index (χ0) is 13.5. The molecular weight excluding hydrogens is 230 g/mol. The van der Waals surface area contributed by atoms with Crippen molar-refractivity contribution in [3.05, 3.63) is 24.3 Å². The molecule has 100 valence electrons. The van der Waals surface area contributed by atoms with Gasteiger partial charge in [0.1, 0.15) is 12.4 Å². The first-order valence-electron chi connectivity index (χ1n) is 6.00. The summed E-state index contributed by atoms with van der Waals surface area (Å²) in [6, 6.07) is 7.59. The molecule has 0 radical (unpaired) electrons. The molecule has 18 heavy (non-hydrogen) atoms. The second kappa shape index (κ2) is 6.86. The van der Waals surface area contributed by atoms with Crippen molar-refractivity contribution >= 4 is 11.6 Å². The molecule has 0 aliphatic carbocycles. The van der Waals surface area contributed by atoms with Gasteiger partial charge in [-0.3, -0.25) is 9.69 Å². The van der Waals surface area contributed by atoms with E-state index in [9.17, 15) is 4.79 Å². The minimum Gasteiger partial charge on any atom is -0.490 e. The lowest BCUT2D eigenvalue weighted by Gasteiger charge is -2.24. The topological polar surface area (TPSA) is 81.6 Å². The van der Waals surface area contributed by atoms with Crippen molar-refractivity contribution in [2.45, 2.75) is 19.9 Å². The summed E-state index contributed by atoms with van der Waals surface area (Å²) in [5.41, 5.74) is 11.6. The molecule has 0 spiro atoms. The molecule has 5 nitrogen and oxygen atoms in total. The summed E-state index contributed by atoms with van der Waals surface area (Å²) >= 11 is 0. The van der Waals surface area contributed by atoms with Gasteiger partial charge in [0, 0.05) is 12.6 Å². The predicted octanol–water partition coefficient (Wildman–Crippen LogP) is 0.843. The first kappa shape index (κ1) is 14.3. The molecule has 1 rings (SSSR count). The molecule has 1 aromatic rings. The number of hydrogen-bond acceptors (Lipinski definition) is 4. The molecule has 0 bridgehead atoms. The van der Waals surface area contributed by atoms with Crippen LogP contribution < -0.4 is 16.2 Å². The molecule has 5 heteroatoms. The molecule has 1 aromatic carbocycles. The molecule has 4 N–H and O–H groups in total. The Hall–Kier alpha value is -1.75. The van der Waals surface area contributed by atoms with Gasteiger partial charge < -0.3 is 16.2 Å². The molecule has 0 atom stereocenters. The quantitative estimate of drug-likeness (QED) is 0.704. The van der Waals surface area contributed by atoms with Gasteiger partial charge in [-0.05, 0) is 26.0 Å². The largest absolute Gasteiger partial charge is 0.490 e. The van der Waals surface area contributed by atoms with Crippen LogP contribution in [0.2, 0.25) is 0 Å². The third-order valence-electron chi connectivity index (χ3n) is 2.64. The van der Waals surface area contributed by atoms with Crippen LogP contribution in [-0.2, 0) is 4.79 Å². The van der Waals surface area contributed by atoms with E-state index in [4.69, 9.17) is 16.2 Å². The van der Waals surface area contributed by atoms with Crippen LogP contribution in [0.4, 0.5) is 5.69 Å². The lowest BCUT2D eigenvalue weighted by molar-refractivity contribution is -0.119. The van der Waals surface area contributed by atoms with Gasteiger partial charge in [-0.15, -0.1) is 0 Å². The highest BCUT2D eigenvalue weighted by atomic mass is 16.5. The van der Waals surface area contributed by atoms with E-state index in [1.807, 2.05) is 36.9 Å². The highest BCUT2D eigenvalue weighted by Crippen LogP contribution is 2.19. The van der Waals surface area contributed by atoms with Gasteiger partial charge in [-0.1, -0.05) is 12.1 Å². The highest BCUT2D eigenvalue weighted by Gasteiger charge is 2.12. The molecule has 0 aromatic heterocycles. The van der Waals surface area contributed by atoms with E-state index < -0.39 is 0 Å². The third-order valence-corrected chi connectivity index (χ3v) is 2.64. The maximum absolute atomic E-state index is 10.9. The van der Waals surface area contributed by atoms with Gasteiger partial charge in [-0.2, -0.15) is 0 Å². The average molecular weight is 251 g/mol. The molecule has 1 amide bonds. The molecule has 0 aliphatic rings. The number of carbonyl (C=O) groups is 1.